The Morgan fingerprint density at radius 1 is 1.07 bits per heavy atom. The van der Waals surface area contributed by atoms with E-state index in [0.29, 0.717) is 28.6 Å². The molecule has 0 saturated heterocycles. The molecule has 0 atom stereocenters. The molecule has 3 rings (SSSR count). The number of carbonyl (C=O) groups excluding carboxylic acids is 1. The molecule has 0 fully saturated rings. The number of methoxy groups -OCH3 is 2. The Hall–Kier alpha value is -2.86. The third-order valence-corrected chi connectivity index (χ3v) is 5.54. The second-order valence-electron chi connectivity index (χ2n) is 6.11. The molecule has 0 saturated carbocycles. The van der Waals surface area contributed by atoms with E-state index in [4.69, 9.17) is 9.47 Å². The maximum Gasteiger partial charge on any atom is 0.263 e. The van der Waals surface area contributed by atoms with Crippen LogP contribution in [0.4, 0.5) is 0 Å². The number of rotatable bonds is 6. The van der Waals surface area contributed by atoms with E-state index in [-0.39, 0.29) is 5.91 Å². The quantitative estimate of drug-likeness (QED) is 0.687. The molecule has 2 aromatic carbocycles. The predicted molar refractivity (Wildman–Crippen MR) is 108 cm³/mol. The zero-order chi connectivity index (χ0) is 19.4. The zero-order valence-corrected chi connectivity index (χ0v) is 16.6. The Kier molecular flexibility index (Phi) is 5.76. The molecule has 0 unspecified atom stereocenters. The van der Waals surface area contributed by atoms with Gasteiger partial charge in [0.2, 0.25) is 0 Å². The van der Waals surface area contributed by atoms with Crippen LogP contribution in [-0.4, -0.2) is 25.1 Å². The summed E-state index contributed by atoms with van der Waals surface area (Å²) in [7, 11) is 3.20. The molecular formula is C21H22N2O3S. The molecule has 140 valence electrons. The molecule has 0 spiro atoms. The fraction of sp³-hybridized carbons (Fsp3) is 0.238. The zero-order valence-electron chi connectivity index (χ0n) is 15.8. The van der Waals surface area contributed by atoms with Gasteiger partial charge in [-0.15, -0.1) is 11.3 Å². The van der Waals surface area contributed by atoms with Gasteiger partial charge >= 0.3 is 0 Å². The lowest BCUT2D eigenvalue weighted by molar-refractivity contribution is 0.0954. The van der Waals surface area contributed by atoms with Gasteiger partial charge in [-0.1, -0.05) is 24.3 Å². The molecule has 3 aromatic rings. The number of carbonyl (C=O) groups is 1. The van der Waals surface area contributed by atoms with Crippen LogP contribution in [-0.2, 0) is 6.54 Å². The Labute approximate surface area is 163 Å². The summed E-state index contributed by atoms with van der Waals surface area (Å²) < 4.78 is 10.6. The predicted octanol–water partition coefficient (Wildman–Crippen LogP) is 4.37. The maximum atomic E-state index is 12.6. The minimum atomic E-state index is -0.111. The van der Waals surface area contributed by atoms with Crippen molar-refractivity contribution in [2.24, 2.45) is 0 Å². The first-order valence-electron chi connectivity index (χ1n) is 8.56. The summed E-state index contributed by atoms with van der Waals surface area (Å²) >= 11 is 1.37. The van der Waals surface area contributed by atoms with Crippen LogP contribution in [0, 0.1) is 13.8 Å². The number of ether oxygens (including phenoxy) is 2. The summed E-state index contributed by atoms with van der Waals surface area (Å²) in [5.41, 5.74) is 3.86. The maximum absolute atomic E-state index is 12.6. The van der Waals surface area contributed by atoms with Gasteiger partial charge in [-0.05, 0) is 43.2 Å². The number of thiazole rings is 1. The van der Waals surface area contributed by atoms with E-state index in [2.05, 4.69) is 10.3 Å². The Morgan fingerprint density at radius 2 is 1.81 bits per heavy atom. The van der Waals surface area contributed by atoms with Crippen molar-refractivity contribution in [1.29, 1.82) is 0 Å². The van der Waals surface area contributed by atoms with Gasteiger partial charge in [0, 0.05) is 12.1 Å². The number of aryl methyl sites for hydroxylation is 2. The molecule has 1 N–H and O–H groups in total. The van der Waals surface area contributed by atoms with Gasteiger partial charge < -0.3 is 14.8 Å². The van der Waals surface area contributed by atoms with Crippen molar-refractivity contribution in [3.8, 4) is 22.1 Å². The van der Waals surface area contributed by atoms with E-state index in [9.17, 15) is 4.79 Å². The first kappa shape index (κ1) is 18.9. The smallest absolute Gasteiger partial charge is 0.263 e. The largest absolute Gasteiger partial charge is 0.493 e. The number of hydrogen-bond donors (Lipinski definition) is 1. The molecule has 0 aliphatic rings. The second kappa shape index (κ2) is 8.22. The van der Waals surface area contributed by atoms with E-state index in [1.807, 2.05) is 56.3 Å². The fourth-order valence-corrected chi connectivity index (χ4v) is 3.74. The highest BCUT2D eigenvalue weighted by atomic mass is 32.1. The molecule has 5 nitrogen and oxygen atoms in total. The van der Waals surface area contributed by atoms with Crippen molar-refractivity contribution < 1.29 is 14.3 Å². The monoisotopic (exact) mass is 382 g/mol. The van der Waals surface area contributed by atoms with Crippen LogP contribution < -0.4 is 14.8 Å². The molecular weight excluding hydrogens is 360 g/mol. The summed E-state index contributed by atoms with van der Waals surface area (Å²) in [6.07, 6.45) is 0. The Balaban J connectivity index is 1.80. The van der Waals surface area contributed by atoms with Crippen molar-refractivity contribution in [3.05, 3.63) is 64.2 Å². The SMILES string of the molecule is COc1ccc(-c2nc(C)c(C(=O)NCc3ccccc3C)s2)cc1OC. The highest BCUT2D eigenvalue weighted by Gasteiger charge is 2.17. The van der Waals surface area contributed by atoms with Gasteiger partial charge in [0.05, 0.1) is 19.9 Å². The highest BCUT2D eigenvalue weighted by Crippen LogP contribution is 2.35. The van der Waals surface area contributed by atoms with E-state index < -0.39 is 0 Å². The third-order valence-electron chi connectivity index (χ3n) is 4.33. The van der Waals surface area contributed by atoms with Crippen LogP contribution in [0.25, 0.3) is 10.6 Å². The topological polar surface area (TPSA) is 60.5 Å². The van der Waals surface area contributed by atoms with Crippen LogP contribution in [0.5, 0.6) is 11.5 Å². The van der Waals surface area contributed by atoms with Gasteiger partial charge in [0.15, 0.2) is 11.5 Å². The number of benzene rings is 2. The van der Waals surface area contributed by atoms with Gasteiger partial charge in [-0.2, -0.15) is 0 Å². The minimum Gasteiger partial charge on any atom is -0.493 e. The fourth-order valence-electron chi connectivity index (χ4n) is 2.76. The normalized spacial score (nSPS) is 10.5. The average Bonchev–Trinajstić information content (AvgIpc) is 3.08. The van der Waals surface area contributed by atoms with E-state index in [0.717, 1.165) is 21.7 Å². The van der Waals surface area contributed by atoms with Crippen molar-refractivity contribution in [1.82, 2.24) is 10.3 Å². The first-order valence-corrected chi connectivity index (χ1v) is 9.37. The lowest BCUT2D eigenvalue weighted by Crippen LogP contribution is -2.22. The summed E-state index contributed by atoms with van der Waals surface area (Å²) in [5, 5.41) is 3.76. The summed E-state index contributed by atoms with van der Waals surface area (Å²) in [6.45, 7) is 4.38. The molecule has 1 heterocycles. The molecule has 1 amide bonds. The lowest BCUT2D eigenvalue weighted by atomic mass is 10.1. The number of amides is 1. The third kappa shape index (κ3) is 4.11. The molecule has 1 aromatic heterocycles. The van der Waals surface area contributed by atoms with Crippen LogP contribution >= 0.6 is 11.3 Å². The highest BCUT2D eigenvalue weighted by molar-refractivity contribution is 7.17. The van der Waals surface area contributed by atoms with Crippen LogP contribution in [0.2, 0.25) is 0 Å². The van der Waals surface area contributed by atoms with Gasteiger partial charge in [0.25, 0.3) is 5.91 Å². The standard InChI is InChI=1S/C21H22N2O3S/c1-13-7-5-6-8-16(13)12-22-20(24)19-14(2)23-21(27-19)15-9-10-17(25-3)18(11-15)26-4/h5-11H,12H2,1-4H3,(H,22,24). The second-order valence-corrected chi connectivity index (χ2v) is 7.11. The summed E-state index contributed by atoms with van der Waals surface area (Å²) in [5.74, 6) is 1.18. The van der Waals surface area contributed by atoms with Crippen LogP contribution in [0.3, 0.4) is 0 Å². The number of aromatic nitrogens is 1. The minimum absolute atomic E-state index is 0.111. The molecule has 0 bridgehead atoms. The van der Waals surface area contributed by atoms with Crippen LogP contribution in [0.15, 0.2) is 42.5 Å². The summed E-state index contributed by atoms with van der Waals surface area (Å²) in [6, 6.07) is 13.6. The van der Waals surface area contributed by atoms with E-state index in [1.54, 1.807) is 14.2 Å². The lowest BCUT2D eigenvalue weighted by Gasteiger charge is -2.08. The summed E-state index contributed by atoms with van der Waals surface area (Å²) in [4.78, 5) is 17.8. The van der Waals surface area contributed by atoms with Crippen molar-refractivity contribution in [2.75, 3.05) is 14.2 Å². The van der Waals surface area contributed by atoms with Crippen molar-refractivity contribution in [3.63, 3.8) is 0 Å². The van der Waals surface area contributed by atoms with E-state index >= 15 is 0 Å². The first-order chi connectivity index (χ1) is 13.0. The molecule has 0 aliphatic heterocycles. The molecule has 0 radical (unpaired) electrons. The number of nitrogens with one attached hydrogen (secondary N) is 1. The van der Waals surface area contributed by atoms with E-state index in [1.165, 1.54) is 11.3 Å². The van der Waals surface area contributed by atoms with Crippen LogP contribution in [0.1, 0.15) is 26.5 Å². The Morgan fingerprint density at radius 3 is 2.52 bits per heavy atom. The van der Waals surface area contributed by atoms with Gasteiger partial charge in [-0.25, -0.2) is 4.98 Å². The van der Waals surface area contributed by atoms with Crippen molar-refractivity contribution in [2.45, 2.75) is 20.4 Å². The molecule has 27 heavy (non-hydrogen) atoms. The average molecular weight is 382 g/mol. The number of nitrogens with zero attached hydrogens (tertiary/aromatic N) is 1. The Bertz CT molecular complexity index is 966. The molecule has 6 heteroatoms. The van der Waals surface area contributed by atoms with Crippen molar-refractivity contribution >= 4 is 17.2 Å². The molecule has 0 aliphatic carbocycles. The van der Waals surface area contributed by atoms with Gasteiger partial charge in [0.1, 0.15) is 9.88 Å². The van der Waals surface area contributed by atoms with Gasteiger partial charge in [-0.3, -0.25) is 4.79 Å². The number of hydrogen-bond acceptors (Lipinski definition) is 5.